The number of thioether (sulfide) groups is 1. The average Bonchev–Trinajstić information content (AvgIpc) is 3.45. The maximum absolute atomic E-state index is 13.0. The molecule has 0 saturated carbocycles. The summed E-state index contributed by atoms with van der Waals surface area (Å²) in [5.41, 5.74) is 7.75. The van der Waals surface area contributed by atoms with Crippen LogP contribution in [0.5, 0.6) is 0 Å². The van der Waals surface area contributed by atoms with Gasteiger partial charge in [0.15, 0.2) is 5.16 Å². The van der Waals surface area contributed by atoms with Crippen molar-refractivity contribution >= 4 is 33.3 Å². The zero-order valence-electron chi connectivity index (χ0n) is 20.6. The van der Waals surface area contributed by atoms with Crippen molar-refractivity contribution in [1.82, 2.24) is 19.9 Å². The molecule has 1 aliphatic rings. The van der Waals surface area contributed by atoms with Gasteiger partial charge in [0, 0.05) is 16.0 Å². The van der Waals surface area contributed by atoms with E-state index in [0.29, 0.717) is 17.5 Å². The van der Waals surface area contributed by atoms with Gasteiger partial charge in [-0.2, -0.15) is 0 Å². The maximum atomic E-state index is 13.0. The van der Waals surface area contributed by atoms with Gasteiger partial charge < -0.3 is 9.97 Å². The van der Waals surface area contributed by atoms with Crippen LogP contribution in [0.25, 0.3) is 32.7 Å². The summed E-state index contributed by atoms with van der Waals surface area (Å²) < 4.78 is 0. The monoisotopic (exact) mass is 512 g/mol. The summed E-state index contributed by atoms with van der Waals surface area (Å²) in [6, 6.07) is 16.9. The minimum atomic E-state index is -0.0113. The van der Waals surface area contributed by atoms with Crippen molar-refractivity contribution in [1.29, 1.82) is 0 Å². The first-order valence-electron chi connectivity index (χ1n) is 12.3. The number of H-pyrrole nitrogens is 2. The number of aromatic amines is 2. The topological polar surface area (TPSA) is 74.4 Å². The zero-order chi connectivity index (χ0) is 24.8. The first-order valence-corrected chi connectivity index (χ1v) is 14.1. The van der Waals surface area contributed by atoms with Gasteiger partial charge in [-0.25, -0.2) is 9.97 Å². The fourth-order valence-electron chi connectivity index (χ4n) is 4.87. The molecule has 0 unspecified atom stereocenters. The lowest BCUT2D eigenvalue weighted by Crippen LogP contribution is -2.14. The number of nitrogens with zero attached hydrogens (tertiary/aromatic N) is 2. The first-order chi connectivity index (χ1) is 17.4. The number of aromatic nitrogens is 4. The SMILES string of the molecule is Cc1ccc(-c2nc(SCc3nc4sc5c(c4c(=O)[nH]3)CC[C@@H](C)C5)[nH]c2-c2ccc(C)cc2)cc1. The van der Waals surface area contributed by atoms with Gasteiger partial charge in [0.1, 0.15) is 10.7 Å². The van der Waals surface area contributed by atoms with Crippen LogP contribution in [0.15, 0.2) is 58.5 Å². The number of thiophene rings is 1. The number of benzene rings is 2. The third kappa shape index (κ3) is 4.42. The minimum Gasteiger partial charge on any atom is -0.332 e. The van der Waals surface area contributed by atoms with E-state index < -0.39 is 0 Å². The van der Waals surface area contributed by atoms with E-state index in [1.54, 1.807) is 23.1 Å². The standard InChI is InChI=1S/C29H28N4OS2/c1-16-4-9-19(10-5-16)25-26(20-11-6-17(2)7-12-20)33-29(32-25)35-15-23-30-27(34)24-21-13-8-18(3)14-22(21)36-28(24)31-23/h4-7,9-12,18H,8,13-15H2,1-3H3,(H,32,33)(H,30,31,34)/t18-/m1/s1. The molecule has 1 atom stereocenters. The molecule has 5 nitrogen and oxygen atoms in total. The highest BCUT2D eigenvalue weighted by atomic mass is 32.2. The molecule has 2 aromatic carbocycles. The second-order valence-electron chi connectivity index (χ2n) is 9.83. The van der Waals surface area contributed by atoms with Crippen LogP contribution >= 0.6 is 23.1 Å². The van der Waals surface area contributed by atoms with E-state index in [1.165, 1.54) is 21.6 Å². The second-order valence-corrected chi connectivity index (χ2v) is 11.9. The fraction of sp³-hybridized carbons (Fsp3) is 0.276. The lowest BCUT2D eigenvalue weighted by atomic mass is 9.89. The molecule has 0 spiro atoms. The molecule has 7 heteroatoms. The lowest BCUT2D eigenvalue weighted by molar-refractivity contribution is 0.509. The van der Waals surface area contributed by atoms with Crippen molar-refractivity contribution in [2.45, 2.75) is 50.9 Å². The van der Waals surface area contributed by atoms with Crippen molar-refractivity contribution in [2.75, 3.05) is 0 Å². The smallest absolute Gasteiger partial charge is 0.259 e. The van der Waals surface area contributed by atoms with Crippen LogP contribution in [-0.2, 0) is 18.6 Å². The highest BCUT2D eigenvalue weighted by molar-refractivity contribution is 7.98. The Labute approximate surface area is 218 Å². The van der Waals surface area contributed by atoms with Gasteiger partial charge in [0.2, 0.25) is 0 Å². The molecule has 6 rings (SSSR count). The summed E-state index contributed by atoms with van der Waals surface area (Å²) in [7, 11) is 0. The third-order valence-corrected chi connectivity index (χ3v) is 8.94. The van der Waals surface area contributed by atoms with Gasteiger partial charge in [0.25, 0.3) is 5.56 Å². The normalized spacial score (nSPS) is 15.4. The summed E-state index contributed by atoms with van der Waals surface area (Å²) in [5.74, 6) is 1.90. The molecule has 0 saturated heterocycles. The summed E-state index contributed by atoms with van der Waals surface area (Å²) in [5, 5.41) is 1.61. The molecular formula is C29H28N4OS2. The highest BCUT2D eigenvalue weighted by Gasteiger charge is 2.23. The van der Waals surface area contributed by atoms with E-state index in [4.69, 9.17) is 9.97 Å². The van der Waals surface area contributed by atoms with Crippen molar-refractivity contribution < 1.29 is 0 Å². The molecule has 3 aromatic heterocycles. The molecule has 3 heterocycles. The van der Waals surface area contributed by atoms with Crippen molar-refractivity contribution in [3.8, 4) is 22.5 Å². The summed E-state index contributed by atoms with van der Waals surface area (Å²) in [4.78, 5) is 31.6. The molecule has 182 valence electrons. The molecule has 0 radical (unpaired) electrons. The number of hydrogen-bond donors (Lipinski definition) is 2. The largest absolute Gasteiger partial charge is 0.332 e. The number of hydrogen-bond acceptors (Lipinski definition) is 5. The van der Waals surface area contributed by atoms with Crippen LogP contribution in [0, 0.1) is 19.8 Å². The van der Waals surface area contributed by atoms with E-state index in [2.05, 4.69) is 79.3 Å². The average molecular weight is 513 g/mol. The molecule has 0 fully saturated rings. The fourth-order valence-corrected chi connectivity index (χ4v) is 7.01. The van der Waals surface area contributed by atoms with Crippen LogP contribution in [0.3, 0.4) is 0 Å². The van der Waals surface area contributed by atoms with E-state index >= 15 is 0 Å². The van der Waals surface area contributed by atoms with Gasteiger partial charge in [-0.15, -0.1) is 11.3 Å². The summed E-state index contributed by atoms with van der Waals surface area (Å²) in [6.45, 7) is 6.46. The molecule has 2 N–H and O–H groups in total. The Bertz CT molecular complexity index is 1550. The van der Waals surface area contributed by atoms with Crippen molar-refractivity contribution in [3.05, 3.63) is 86.3 Å². The van der Waals surface area contributed by atoms with Gasteiger partial charge in [-0.05, 0) is 44.6 Å². The Morgan fingerprint density at radius 2 is 1.67 bits per heavy atom. The van der Waals surface area contributed by atoms with Crippen molar-refractivity contribution in [2.24, 2.45) is 5.92 Å². The van der Waals surface area contributed by atoms with Gasteiger partial charge in [-0.1, -0.05) is 78.3 Å². The molecule has 0 amide bonds. The van der Waals surface area contributed by atoms with E-state index in [0.717, 1.165) is 57.2 Å². The molecule has 1 aliphatic carbocycles. The molecule has 5 aromatic rings. The van der Waals surface area contributed by atoms with Crippen LogP contribution in [0.4, 0.5) is 0 Å². The Morgan fingerprint density at radius 1 is 0.972 bits per heavy atom. The molecule has 36 heavy (non-hydrogen) atoms. The van der Waals surface area contributed by atoms with Crippen molar-refractivity contribution in [3.63, 3.8) is 0 Å². The molecule has 0 bridgehead atoms. The Kier molecular flexibility index (Phi) is 6.05. The number of nitrogens with one attached hydrogen (secondary N) is 2. The Balaban J connectivity index is 1.32. The predicted octanol–water partition coefficient (Wildman–Crippen LogP) is 7.08. The number of aryl methyl sites for hydroxylation is 3. The van der Waals surface area contributed by atoms with E-state index in [1.807, 2.05) is 0 Å². The number of rotatable bonds is 5. The molecule has 0 aliphatic heterocycles. The summed E-state index contributed by atoms with van der Waals surface area (Å²) in [6.07, 6.45) is 3.17. The summed E-state index contributed by atoms with van der Waals surface area (Å²) >= 11 is 3.26. The third-order valence-electron chi connectivity index (χ3n) is 6.91. The van der Waals surface area contributed by atoms with Gasteiger partial charge >= 0.3 is 0 Å². The number of imidazole rings is 1. The van der Waals surface area contributed by atoms with Crippen LogP contribution in [0.2, 0.25) is 0 Å². The van der Waals surface area contributed by atoms with E-state index in [-0.39, 0.29) is 5.56 Å². The van der Waals surface area contributed by atoms with Gasteiger partial charge in [-0.3, -0.25) is 4.79 Å². The van der Waals surface area contributed by atoms with Crippen LogP contribution in [0.1, 0.15) is 40.7 Å². The lowest BCUT2D eigenvalue weighted by Gasteiger charge is -2.17. The predicted molar refractivity (Wildman–Crippen MR) is 150 cm³/mol. The minimum absolute atomic E-state index is 0.0113. The maximum Gasteiger partial charge on any atom is 0.259 e. The van der Waals surface area contributed by atoms with Crippen LogP contribution in [-0.4, -0.2) is 19.9 Å². The Morgan fingerprint density at radius 3 is 2.39 bits per heavy atom. The second kappa shape index (κ2) is 9.37. The van der Waals surface area contributed by atoms with Crippen LogP contribution < -0.4 is 5.56 Å². The Hall–Kier alpha value is -3.16. The molecular weight excluding hydrogens is 484 g/mol. The quantitative estimate of drug-likeness (QED) is 0.247. The first kappa shape index (κ1) is 23.3. The van der Waals surface area contributed by atoms with E-state index in [9.17, 15) is 4.79 Å². The number of fused-ring (bicyclic) bond motifs is 3. The van der Waals surface area contributed by atoms with Gasteiger partial charge in [0.05, 0.1) is 22.5 Å². The zero-order valence-corrected chi connectivity index (χ0v) is 22.3. The highest BCUT2D eigenvalue weighted by Crippen LogP contribution is 2.37.